The van der Waals surface area contributed by atoms with Gasteiger partial charge in [-0.25, -0.2) is 0 Å². The number of aromatic nitrogens is 1. The lowest BCUT2D eigenvalue weighted by Crippen LogP contribution is -2.49. The molecule has 1 aromatic carbocycles. The van der Waals surface area contributed by atoms with Gasteiger partial charge in [-0.05, 0) is 36.8 Å². The summed E-state index contributed by atoms with van der Waals surface area (Å²) in [6, 6.07) is 8.48. The third kappa shape index (κ3) is 1.65. The molecule has 0 unspecified atom stereocenters. The van der Waals surface area contributed by atoms with Crippen molar-refractivity contribution < 1.29 is 5.11 Å². The molecule has 0 spiro atoms. The number of hydrogen-bond donors (Lipinski definition) is 2. The molecular weight excluding hydrogens is 236 g/mol. The molecule has 1 saturated carbocycles. The minimum Gasteiger partial charge on any atom is -0.394 e. The summed E-state index contributed by atoms with van der Waals surface area (Å²) in [5.74, 6) is 0.843. The molecule has 0 atom stereocenters. The second-order valence-corrected chi connectivity index (χ2v) is 6.21. The highest BCUT2D eigenvalue weighted by Gasteiger charge is 2.54. The summed E-state index contributed by atoms with van der Waals surface area (Å²) >= 11 is 0. The zero-order chi connectivity index (χ0) is 12.9. The number of aromatic amines is 1. The molecule has 1 aliphatic carbocycles. The van der Waals surface area contributed by atoms with Crippen molar-refractivity contribution in [1.82, 2.24) is 9.88 Å². The van der Waals surface area contributed by atoms with Crippen LogP contribution in [0.4, 0.5) is 0 Å². The quantitative estimate of drug-likeness (QED) is 0.880. The number of fused-ring (bicyclic) bond motifs is 2. The number of aliphatic hydroxyl groups is 1. The molecule has 1 aromatic heterocycles. The van der Waals surface area contributed by atoms with Gasteiger partial charge in [0.2, 0.25) is 0 Å². The lowest BCUT2D eigenvalue weighted by molar-refractivity contribution is 0.0384. The first kappa shape index (κ1) is 11.5. The Labute approximate surface area is 113 Å². The van der Waals surface area contributed by atoms with Crippen molar-refractivity contribution in [3.8, 4) is 0 Å². The van der Waals surface area contributed by atoms with E-state index >= 15 is 0 Å². The summed E-state index contributed by atoms with van der Waals surface area (Å²) in [5.41, 5.74) is 2.75. The Bertz CT molecular complexity index is 598. The van der Waals surface area contributed by atoms with Crippen molar-refractivity contribution in [2.45, 2.75) is 24.8 Å². The third-order valence-electron chi connectivity index (χ3n) is 5.11. The van der Waals surface area contributed by atoms with Crippen molar-refractivity contribution in [3.63, 3.8) is 0 Å². The highest BCUT2D eigenvalue weighted by atomic mass is 16.3. The largest absolute Gasteiger partial charge is 0.394 e. The molecule has 5 rings (SSSR count). The summed E-state index contributed by atoms with van der Waals surface area (Å²) in [5, 5.41) is 11.0. The van der Waals surface area contributed by atoms with E-state index in [1.165, 1.54) is 35.9 Å². The molecular formula is C16H20N2O. The summed E-state index contributed by atoms with van der Waals surface area (Å²) in [4.78, 5) is 5.85. The van der Waals surface area contributed by atoms with E-state index in [0.29, 0.717) is 6.61 Å². The molecule has 3 heteroatoms. The lowest BCUT2D eigenvalue weighted by atomic mass is 9.74. The van der Waals surface area contributed by atoms with Gasteiger partial charge in [-0.2, -0.15) is 0 Å². The smallest absolute Gasteiger partial charge is 0.0615 e. The van der Waals surface area contributed by atoms with Gasteiger partial charge in [0, 0.05) is 35.7 Å². The number of rotatable bonds is 4. The second kappa shape index (κ2) is 4.09. The molecule has 0 radical (unpaired) electrons. The number of para-hydroxylation sites is 1. The molecule has 2 aromatic rings. The molecule has 2 N–H and O–H groups in total. The van der Waals surface area contributed by atoms with E-state index in [9.17, 15) is 5.11 Å². The van der Waals surface area contributed by atoms with Crippen molar-refractivity contribution in [2.24, 2.45) is 5.92 Å². The minimum absolute atomic E-state index is 0.136. The number of aliphatic hydroxyl groups excluding tert-OH is 1. The average molecular weight is 256 g/mol. The fraction of sp³-hybridized carbons (Fsp3) is 0.500. The van der Waals surface area contributed by atoms with Crippen LogP contribution in [0.5, 0.6) is 0 Å². The van der Waals surface area contributed by atoms with Crippen LogP contribution >= 0.6 is 0 Å². The van der Waals surface area contributed by atoms with Crippen LogP contribution in [0, 0.1) is 5.92 Å². The maximum Gasteiger partial charge on any atom is 0.0615 e. The number of hydrogen-bond acceptors (Lipinski definition) is 2. The van der Waals surface area contributed by atoms with Crippen molar-refractivity contribution in [1.29, 1.82) is 0 Å². The van der Waals surface area contributed by atoms with Gasteiger partial charge in [-0.3, -0.25) is 4.90 Å². The van der Waals surface area contributed by atoms with Gasteiger partial charge >= 0.3 is 0 Å². The van der Waals surface area contributed by atoms with Crippen LogP contribution in [0.2, 0.25) is 0 Å². The summed E-state index contributed by atoms with van der Waals surface area (Å²) in [6.07, 6.45) is 5.62. The first-order valence-electron chi connectivity index (χ1n) is 7.22. The zero-order valence-corrected chi connectivity index (χ0v) is 11.1. The van der Waals surface area contributed by atoms with E-state index in [2.05, 4.69) is 40.3 Å². The van der Waals surface area contributed by atoms with Crippen LogP contribution in [-0.2, 0) is 6.42 Å². The monoisotopic (exact) mass is 256 g/mol. The van der Waals surface area contributed by atoms with Crippen molar-refractivity contribution in [2.75, 3.05) is 19.7 Å². The van der Waals surface area contributed by atoms with Crippen LogP contribution < -0.4 is 0 Å². The van der Waals surface area contributed by atoms with E-state index in [1.54, 1.807) is 0 Å². The fourth-order valence-corrected chi connectivity index (χ4v) is 4.06. The topological polar surface area (TPSA) is 39.3 Å². The Morgan fingerprint density at radius 1 is 1.32 bits per heavy atom. The van der Waals surface area contributed by atoms with Gasteiger partial charge in [0.15, 0.2) is 0 Å². The first-order chi connectivity index (χ1) is 9.31. The molecule has 0 amide bonds. The number of nitrogens with one attached hydrogen (secondary N) is 1. The SMILES string of the molecule is OCC12CC(CN1CCc1c[nH]c3ccccc13)C2. The van der Waals surface area contributed by atoms with Gasteiger partial charge in [-0.15, -0.1) is 0 Å². The third-order valence-corrected chi connectivity index (χ3v) is 5.11. The van der Waals surface area contributed by atoms with Gasteiger partial charge in [0.25, 0.3) is 0 Å². The second-order valence-electron chi connectivity index (χ2n) is 6.21. The molecule has 19 heavy (non-hydrogen) atoms. The average Bonchev–Trinajstić information content (AvgIpc) is 3.06. The van der Waals surface area contributed by atoms with Crippen LogP contribution in [0.1, 0.15) is 18.4 Å². The molecule has 3 heterocycles. The highest BCUT2D eigenvalue weighted by molar-refractivity contribution is 5.83. The van der Waals surface area contributed by atoms with Crippen molar-refractivity contribution >= 4 is 10.9 Å². The Morgan fingerprint density at radius 3 is 3.00 bits per heavy atom. The van der Waals surface area contributed by atoms with Crippen LogP contribution in [0.3, 0.4) is 0 Å². The molecule has 2 aliphatic heterocycles. The fourth-order valence-electron chi connectivity index (χ4n) is 4.06. The normalized spacial score (nSPS) is 29.8. The van der Waals surface area contributed by atoms with Gasteiger partial charge in [0.05, 0.1) is 6.61 Å². The minimum atomic E-state index is 0.136. The number of H-pyrrole nitrogens is 1. The standard InChI is InChI=1S/C16H20N2O/c19-11-16-7-12(8-16)10-18(16)6-5-13-9-17-15-4-2-1-3-14(13)15/h1-4,9,12,17,19H,5-8,10-11H2. The predicted octanol–water partition coefficient (Wildman–Crippen LogP) is 2.17. The first-order valence-corrected chi connectivity index (χ1v) is 7.22. The molecule has 3 fully saturated rings. The molecule has 2 bridgehead atoms. The maximum absolute atomic E-state index is 9.61. The summed E-state index contributed by atoms with van der Waals surface area (Å²) < 4.78 is 0. The molecule has 2 saturated heterocycles. The van der Waals surface area contributed by atoms with E-state index in [1.807, 2.05) is 0 Å². The van der Waals surface area contributed by atoms with E-state index in [-0.39, 0.29) is 5.54 Å². The lowest BCUT2D eigenvalue weighted by Gasteiger charge is -2.40. The molecule has 100 valence electrons. The Balaban J connectivity index is 1.51. The zero-order valence-electron chi connectivity index (χ0n) is 11.1. The van der Waals surface area contributed by atoms with Crippen molar-refractivity contribution in [3.05, 3.63) is 36.0 Å². The Hall–Kier alpha value is -1.32. The van der Waals surface area contributed by atoms with E-state index in [0.717, 1.165) is 18.9 Å². The Morgan fingerprint density at radius 2 is 2.16 bits per heavy atom. The van der Waals surface area contributed by atoms with Gasteiger partial charge < -0.3 is 10.1 Å². The van der Waals surface area contributed by atoms with E-state index < -0.39 is 0 Å². The number of benzene rings is 1. The highest BCUT2D eigenvalue weighted by Crippen LogP contribution is 2.50. The molecule has 3 nitrogen and oxygen atoms in total. The summed E-state index contributed by atoms with van der Waals surface area (Å²) in [7, 11) is 0. The molecule has 3 aliphatic rings. The Kier molecular flexibility index (Phi) is 2.47. The van der Waals surface area contributed by atoms with Gasteiger partial charge in [-0.1, -0.05) is 18.2 Å². The van der Waals surface area contributed by atoms with Crippen LogP contribution in [-0.4, -0.2) is 40.2 Å². The van der Waals surface area contributed by atoms with Gasteiger partial charge in [0.1, 0.15) is 0 Å². The van der Waals surface area contributed by atoms with E-state index in [4.69, 9.17) is 0 Å². The van der Waals surface area contributed by atoms with Crippen LogP contribution in [0.25, 0.3) is 10.9 Å². The van der Waals surface area contributed by atoms with Crippen LogP contribution in [0.15, 0.2) is 30.5 Å². The predicted molar refractivity (Wildman–Crippen MR) is 76.1 cm³/mol. The summed E-state index contributed by atoms with van der Waals surface area (Å²) in [6.45, 7) is 2.58. The number of nitrogens with zero attached hydrogens (tertiary/aromatic N) is 1. The maximum atomic E-state index is 9.61.